The maximum Gasteiger partial charge on any atom is 0.252 e. The molecule has 1 saturated carbocycles. The number of anilines is 1. The second-order valence-electron chi connectivity index (χ2n) is 9.99. The van der Waals surface area contributed by atoms with E-state index in [2.05, 4.69) is 40.4 Å². The molecule has 2 aliphatic heterocycles. The van der Waals surface area contributed by atoms with E-state index in [9.17, 15) is 4.79 Å². The third-order valence-electron chi connectivity index (χ3n) is 7.52. The fourth-order valence-corrected chi connectivity index (χ4v) is 5.14. The number of carbonyl (C=O) groups is 1. The fraction of sp³-hybridized carbons (Fsp3) is 0.519. The number of nitrogens with zero attached hydrogens (tertiary/aromatic N) is 2. The molecule has 1 amide bonds. The lowest BCUT2D eigenvalue weighted by Crippen LogP contribution is -2.44. The van der Waals surface area contributed by atoms with Crippen LogP contribution in [0.5, 0.6) is 11.5 Å². The molecule has 6 nitrogen and oxygen atoms in total. The summed E-state index contributed by atoms with van der Waals surface area (Å²) >= 11 is 0. The van der Waals surface area contributed by atoms with Gasteiger partial charge in [0.15, 0.2) is 11.5 Å². The van der Waals surface area contributed by atoms with E-state index in [1.165, 1.54) is 19.3 Å². The lowest BCUT2D eigenvalue weighted by molar-refractivity contribution is 0.0939. The number of aryl methyl sites for hydroxylation is 1. The standard InChI is InChI=1S/C27H35N3O3/c1-17-5-9-21(30-15-22-12-23(30)14-29(22)3)13-24(17)27(31)28-18(2)20-8-10-25(26(11-20)32-4)33-16-19-6-7-19/h5,8-11,13,18-19,22-23H,6-7,12,14-16H2,1-4H3,(H,28,31)/t18-,22-,23-/m1/s1. The van der Waals surface area contributed by atoms with Gasteiger partial charge in [0.1, 0.15) is 0 Å². The molecule has 33 heavy (non-hydrogen) atoms. The van der Waals surface area contributed by atoms with Crippen molar-refractivity contribution in [3.63, 3.8) is 0 Å². The number of likely N-dealkylation sites (N-methyl/N-ethyl adjacent to an activating group) is 1. The normalized spacial score (nSPS) is 23.0. The first-order chi connectivity index (χ1) is 15.9. The third kappa shape index (κ3) is 4.54. The largest absolute Gasteiger partial charge is 0.493 e. The number of piperazine rings is 1. The molecule has 1 aliphatic carbocycles. The van der Waals surface area contributed by atoms with E-state index in [4.69, 9.17) is 9.47 Å². The molecule has 0 spiro atoms. The summed E-state index contributed by atoms with van der Waals surface area (Å²) < 4.78 is 11.5. The summed E-state index contributed by atoms with van der Waals surface area (Å²) in [4.78, 5) is 18.2. The Morgan fingerprint density at radius 3 is 2.61 bits per heavy atom. The summed E-state index contributed by atoms with van der Waals surface area (Å²) in [5, 5.41) is 3.18. The highest BCUT2D eigenvalue weighted by atomic mass is 16.5. The average molecular weight is 450 g/mol. The molecule has 1 N–H and O–H groups in total. The Morgan fingerprint density at radius 2 is 1.94 bits per heavy atom. The van der Waals surface area contributed by atoms with Crippen molar-refractivity contribution in [3.05, 3.63) is 53.1 Å². The Morgan fingerprint density at radius 1 is 1.12 bits per heavy atom. The molecule has 2 aromatic carbocycles. The highest BCUT2D eigenvalue weighted by Gasteiger charge is 2.41. The van der Waals surface area contributed by atoms with Crippen molar-refractivity contribution in [1.82, 2.24) is 10.2 Å². The Kier molecular flexibility index (Phi) is 5.95. The van der Waals surface area contributed by atoms with Crippen molar-refractivity contribution < 1.29 is 14.3 Å². The molecule has 2 heterocycles. The van der Waals surface area contributed by atoms with Crippen LogP contribution in [0.3, 0.4) is 0 Å². The lowest BCUT2D eigenvalue weighted by Gasteiger charge is -2.34. The van der Waals surface area contributed by atoms with Gasteiger partial charge in [-0.25, -0.2) is 0 Å². The van der Waals surface area contributed by atoms with Gasteiger partial charge in [-0.2, -0.15) is 0 Å². The summed E-state index contributed by atoms with van der Waals surface area (Å²) in [7, 11) is 3.86. The number of benzene rings is 2. The van der Waals surface area contributed by atoms with Crippen LogP contribution in [-0.2, 0) is 0 Å². The summed E-state index contributed by atoms with van der Waals surface area (Å²) in [5.74, 6) is 2.11. The minimum absolute atomic E-state index is 0.0450. The predicted octanol–water partition coefficient (Wildman–Crippen LogP) is 4.18. The van der Waals surface area contributed by atoms with Gasteiger partial charge in [0.2, 0.25) is 0 Å². The van der Waals surface area contributed by atoms with Gasteiger partial charge in [0, 0.05) is 36.4 Å². The van der Waals surface area contributed by atoms with Crippen molar-refractivity contribution in [2.75, 3.05) is 38.8 Å². The first-order valence-electron chi connectivity index (χ1n) is 12.1. The van der Waals surface area contributed by atoms with Gasteiger partial charge in [-0.05, 0) is 81.5 Å². The molecule has 3 fully saturated rings. The summed E-state index contributed by atoms with van der Waals surface area (Å²) in [6, 6.07) is 13.2. The number of rotatable bonds is 8. The van der Waals surface area contributed by atoms with Gasteiger partial charge in [-0.1, -0.05) is 12.1 Å². The molecule has 3 aliphatic rings. The van der Waals surface area contributed by atoms with Gasteiger partial charge in [0.25, 0.3) is 5.91 Å². The highest BCUT2D eigenvalue weighted by Crippen LogP contribution is 2.36. The van der Waals surface area contributed by atoms with Crippen LogP contribution in [0.4, 0.5) is 5.69 Å². The first kappa shape index (κ1) is 22.1. The van der Waals surface area contributed by atoms with E-state index in [-0.39, 0.29) is 11.9 Å². The summed E-state index contributed by atoms with van der Waals surface area (Å²) in [6.45, 7) is 6.89. The zero-order valence-electron chi connectivity index (χ0n) is 20.1. The van der Waals surface area contributed by atoms with Crippen molar-refractivity contribution in [1.29, 1.82) is 0 Å². The zero-order valence-corrected chi connectivity index (χ0v) is 20.1. The van der Waals surface area contributed by atoms with Gasteiger partial charge in [0.05, 0.1) is 19.8 Å². The molecule has 176 valence electrons. The second kappa shape index (κ2) is 8.90. The van der Waals surface area contributed by atoms with E-state index in [1.54, 1.807) is 7.11 Å². The molecule has 0 aromatic heterocycles. The maximum atomic E-state index is 13.2. The van der Waals surface area contributed by atoms with Gasteiger partial charge in [-0.3, -0.25) is 9.69 Å². The monoisotopic (exact) mass is 449 g/mol. The van der Waals surface area contributed by atoms with Crippen LogP contribution < -0.4 is 19.7 Å². The second-order valence-corrected chi connectivity index (χ2v) is 9.99. The zero-order chi connectivity index (χ0) is 23.1. The van der Waals surface area contributed by atoms with E-state index in [0.29, 0.717) is 23.8 Å². The van der Waals surface area contributed by atoms with Gasteiger partial charge >= 0.3 is 0 Å². The molecule has 6 heteroatoms. The van der Waals surface area contributed by atoms with Crippen LogP contribution in [0.15, 0.2) is 36.4 Å². The molecule has 2 saturated heterocycles. The number of hydrogen-bond acceptors (Lipinski definition) is 5. The third-order valence-corrected chi connectivity index (χ3v) is 7.52. The Bertz CT molecular complexity index is 1030. The van der Waals surface area contributed by atoms with Crippen molar-refractivity contribution in [3.8, 4) is 11.5 Å². The SMILES string of the molecule is COc1cc([C@@H](C)NC(=O)c2cc(N3C[C@H]4C[C@@H]3CN4C)ccc2C)ccc1OCC1CC1. The van der Waals surface area contributed by atoms with Crippen molar-refractivity contribution in [2.24, 2.45) is 5.92 Å². The Hall–Kier alpha value is -2.73. The van der Waals surface area contributed by atoms with Crippen molar-refractivity contribution >= 4 is 11.6 Å². The molecule has 0 unspecified atom stereocenters. The van der Waals surface area contributed by atoms with Crippen LogP contribution in [0.2, 0.25) is 0 Å². The molecular formula is C27H35N3O3. The minimum Gasteiger partial charge on any atom is -0.493 e. The summed E-state index contributed by atoms with van der Waals surface area (Å²) in [6.07, 6.45) is 3.71. The van der Waals surface area contributed by atoms with Crippen LogP contribution in [-0.4, -0.2) is 56.7 Å². The number of fused-ring (bicyclic) bond motifs is 2. The quantitative estimate of drug-likeness (QED) is 0.655. The summed E-state index contributed by atoms with van der Waals surface area (Å²) in [5.41, 5.74) is 3.88. The number of ether oxygens (including phenoxy) is 2. The number of methoxy groups -OCH3 is 1. The van der Waals surface area contributed by atoms with E-state index in [0.717, 1.165) is 47.8 Å². The van der Waals surface area contributed by atoms with Crippen LogP contribution in [0.25, 0.3) is 0 Å². The Balaban J connectivity index is 1.28. The van der Waals surface area contributed by atoms with Gasteiger partial charge < -0.3 is 19.7 Å². The number of likely N-dealkylation sites (tertiary alicyclic amines) is 1. The molecule has 0 radical (unpaired) electrons. The number of hydrogen-bond donors (Lipinski definition) is 1. The molecular weight excluding hydrogens is 414 g/mol. The van der Waals surface area contributed by atoms with Crippen LogP contribution >= 0.6 is 0 Å². The van der Waals surface area contributed by atoms with E-state index in [1.807, 2.05) is 32.0 Å². The average Bonchev–Trinajstić information content (AvgIpc) is 3.45. The topological polar surface area (TPSA) is 54.0 Å². The molecule has 2 aromatic rings. The molecule has 3 atom stereocenters. The number of carbonyl (C=O) groups excluding carboxylic acids is 1. The van der Waals surface area contributed by atoms with Crippen molar-refractivity contribution in [2.45, 2.75) is 51.2 Å². The molecule has 5 rings (SSSR count). The van der Waals surface area contributed by atoms with Gasteiger partial charge in [-0.15, -0.1) is 0 Å². The Labute approximate surface area is 196 Å². The highest BCUT2D eigenvalue weighted by molar-refractivity contribution is 5.97. The smallest absolute Gasteiger partial charge is 0.252 e. The number of amides is 1. The van der Waals surface area contributed by atoms with E-state index < -0.39 is 0 Å². The van der Waals surface area contributed by atoms with Crippen LogP contribution in [0, 0.1) is 12.8 Å². The first-order valence-corrected chi connectivity index (χ1v) is 12.1. The fourth-order valence-electron chi connectivity index (χ4n) is 5.14. The minimum atomic E-state index is -0.150. The van der Waals surface area contributed by atoms with Crippen LogP contribution in [0.1, 0.15) is 53.7 Å². The molecule has 2 bridgehead atoms. The predicted molar refractivity (Wildman–Crippen MR) is 130 cm³/mol. The maximum absolute atomic E-state index is 13.2. The lowest BCUT2D eigenvalue weighted by atomic mass is 10.0. The number of nitrogens with one attached hydrogen (secondary N) is 1. The van der Waals surface area contributed by atoms with E-state index >= 15 is 0 Å².